The van der Waals surface area contributed by atoms with Gasteiger partial charge in [-0.3, -0.25) is 9.78 Å². The molecule has 0 atom stereocenters. The fourth-order valence-electron chi connectivity index (χ4n) is 2.20. The molecule has 0 fully saturated rings. The summed E-state index contributed by atoms with van der Waals surface area (Å²) in [6.45, 7) is 2.41. The first-order chi connectivity index (χ1) is 11.6. The third-order valence-corrected chi connectivity index (χ3v) is 3.71. The maximum atomic E-state index is 12.4. The van der Waals surface area contributed by atoms with Crippen LogP contribution in [0.2, 0.25) is 0 Å². The Balaban J connectivity index is 1.84. The van der Waals surface area contributed by atoms with Gasteiger partial charge < -0.3 is 15.1 Å². The minimum atomic E-state index is -0.0172. The maximum absolute atomic E-state index is 12.4. The number of pyridine rings is 2. The maximum Gasteiger partial charge on any atom is 0.255 e. The molecule has 6 nitrogen and oxygen atoms in total. The van der Waals surface area contributed by atoms with E-state index in [1.807, 2.05) is 45.4 Å². The predicted molar refractivity (Wildman–Crippen MR) is 96.2 cm³/mol. The van der Waals surface area contributed by atoms with Gasteiger partial charge in [0, 0.05) is 45.3 Å². The second-order valence-corrected chi connectivity index (χ2v) is 5.99. The molecule has 0 unspecified atom stereocenters. The molecule has 0 bridgehead atoms. The summed E-state index contributed by atoms with van der Waals surface area (Å²) in [5.74, 6) is 0.768. The smallest absolute Gasteiger partial charge is 0.255 e. The number of nitrogens with one attached hydrogen (secondary N) is 1. The van der Waals surface area contributed by atoms with Crippen LogP contribution in [0, 0.1) is 0 Å². The second-order valence-electron chi connectivity index (χ2n) is 5.99. The van der Waals surface area contributed by atoms with Gasteiger partial charge in [-0.05, 0) is 50.3 Å². The first kappa shape index (κ1) is 17.9. The van der Waals surface area contributed by atoms with Crippen molar-refractivity contribution in [2.24, 2.45) is 0 Å². The number of amides is 1. The molecule has 24 heavy (non-hydrogen) atoms. The fourth-order valence-corrected chi connectivity index (χ4v) is 2.20. The van der Waals surface area contributed by atoms with Crippen molar-refractivity contribution in [1.82, 2.24) is 19.8 Å². The molecule has 0 saturated heterocycles. The Morgan fingerprint density at radius 2 is 1.83 bits per heavy atom. The zero-order valence-electron chi connectivity index (χ0n) is 14.6. The normalized spacial score (nSPS) is 10.7. The van der Waals surface area contributed by atoms with Crippen LogP contribution in [0.3, 0.4) is 0 Å². The predicted octanol–water partition coefficient (Wildman–Crippen LogP) is 1.76. The van der Waals surface area contributed by atoms with Crippen molar-refractivity contribution in [3.63, 3.8) is 0 Å². The summed E-state index contributed by atoms with van der Waals surface area (Å²) in [6.07, 6.45) is 5.97. The van der Waals surface area contributed by atoms with Gasteiger partial charge in [-0.2, -0.15) is 0 Å². The van der Waals surface area contributed by atoms with Crippen LogP contribution in [0.25, 0.3) is 0 Å². The molecule has 0 aliphatic heterocycles. The van der Waals surface area contributed by atoms with Gasteiger partial charge in [-0.15, -0.1) is 0 Å². The Hall–Kier alpha value is -2.47. The van der Waals surface area contributed by atoms with Crippen LogP contribution in [0.5, 0.6) is 0 Å². The molecule has 0 radical (unpaired) electrons. The molecule has 1 amide bonds. The number of anilines is 1. The largest absolute Gasteiger partial charge is 0.369 e. The van der Waals surface area contributed by atoms with Gasteiger partial charge in [0.05, 0.1) is 5.56 Å². The average Bonchev–Trinajstić information content (AvgIpc) is 2.60. The lowest BCUT2D eigenvalue weighted by molar-refractivity contribution is 0.0796. The van der Waals surface area contributed by atoms with E-state index in [4.69, 9.17) is 0 Å². The number of rotatable bonds is 8. The SMILES string of the molecule is CN(C)CCNc1ccc(C(=O)N(C)CCc2ccncc2)cn1. The topological polar surface area (TPSA) is 61.4 Å². The van der Waals surface area contributed by atoms with E-state index in [-0.39, 0.29) is 5.91 Å². The van der Waals surface area contributed by atoms with Crippen molar-refractivity contribution >= 4 is 11.7 Å². The summed E-state index contributed by atoms with van der Waals surface area (Å²) in [4.78, 5) is 24.6. The van der Waals surface area contributed by atoms with E-state index >= 15 is 0 Å². The average molecular weight is 327 g/mol. The number of hydrogen-bond acceptors (Lipinski definition) is 5. The minimum absolute atomic E-state index is 0.0172. The highest BCUT2D eigenvalue weighted by molar-refractivity contribution is 5.93. The monoisotopic (exact) mass is 327 g/mol. The van der Waals surface area contributed by atoms with Gasteiger partial charge in [0.15, 0.2) is 0 Å². The van der Waals surface area contributed by atoms with Crippen LogP contribution in [-0.4, -0.2) is 66.5 Å². The molecule has 128 valence electrons. The van der Waals surface area contributed by atoms with Crippen molar-refractivity contribution in [1.29, 1.82) is 0 Å². The number of carbonyl (C=O) groups is 1. The molecular weight excluding hydrogens is 302 g/mol. The fraction of sp³-hybridized carbons (Fsp3) is 0.389. The van der Waals surface area contributed by atoms with E-state index in [1.165, 1.54) is 5.56 Å². The standard InChI is InChI=1S/C18H25N5O/c1-22(2)13-11-20-17-5-4-16(14-21-17)18(24)23(3)12-8-15-6-9-19-10-7-15/h4-7,9-10,14H,8,11-13H2,1-3H3,(H,20,21). The third kappa shape index (κ3) is 5.62. The Morgan fingerprint density at radius 3 is 2.46 bits per heavy atom. The molecule has 6 heteroatoms. The van der Waals surface area contributed by atoms with Crippen LogP contribution in [-0.2, 0) is 6.42 Å². The molecule has 0 spiro atoms. The van der Waals surface area contributed by atoms with Crippen LogP contribution < -0.4 is 5.32 Å². The van der Waals surface area contributed by atoms with Gasteiger partial charge in [0.25, 0.3) is 5.91 Å². The lowest BCUT2D eigenvalue weighted by Gasteiger charge is -2.17. The molecule has 0 aliphatic rings. The molecule has 0 aromatic carbocycles. The Bertz CT molecular complexity index is 628. The Morgan fingerprint density at radius 1 is 1.08 bits per heavy atom. The summed E-state index contributed by atoms with van der Waals surface area (Å²) in [5, 5.41) is 3.23. The van der Waals surface area contributed by atoms with Crippen molar-refractivity contribution in [2.45, 2.75) is 6.42 Å². The molecule has 2 rings (SSSR count). The number of carbonyl (C=O) groups excluding carboxylic acids is 1. The van der Waals surface area contributed by atoms with E-state index < -0.39 is 0 Å². The van der Waals surface area contributed by atoms with Crippen molar-refractivity contribution in [3.8, 4) is 0 Å². The highest BCUT2D eigenvalue weighted by Crippen LogP contribution is 2.08. The molecule has 2 heterocycles. The van der Waals surface area contributed by atoms with Crippen molar-refractivity contribution < 1.29 is 4.79 Å². The summed E-state index contributed by atoms with van der Waals surface area (Å²) in [6, 6.07) is 7.60. The number of hydrogen-bond donors (Lipinski definition) is 1. The van der Waals surface area contributed by atoms with Crippen LogP contribution in [0.4, 0.5) is 5.82 Å². The Labute approximate surface area is 143 Å². The lowest BCUT2D eigenvalue weighted by atomic mass is 10.2. The molecular formula is C18H25N5O. The zero-order valence-corrected chi connectivity index (χ0v) is 14.6. The molecule has 0 saturated carbocycles. The number of likely N-dealkylation sites (N-methyl/N-ethyl adjacent to an activating group) is 2. The second kappa shape index (κ2) is 8.98. The first-order valence-electron chi connectivity index (χ1n) is 8.05. The van der Waals surface area contributed by atoms with Crippen LogP contribution >= 0.6 is 0 Å². The van der Waals surface area contributed by atoms with E-state index in [0.717, 1.165) is 25.3 Å². The highest BCUT2D eigenvalue weighted by Gasteiger charge is 2.12. The first-order valence-corrected chi connectivity index (χ1v) is 8.05. The molecule has 2 aromatic rings. The Kier molecular flexibility index (Phi) is 6.69. The minimum Gasteiger partial charge on any atom is -0.369 e. The van der Waals surface area contributed by atoms with Crippen molar-refractivity contribution in [2.75, 3.05) is 46.1 Å². The van der Waals surface area contributed by atoms with Crippen molar-refractivity contribution in [3.05, 3.63) is 54.0 Å². The molecule has 0 aliphatic carbocycles. The van der Waals surface area contributed by atoms with Gasteiger partial charge in [0.1, 0.15) is 5.82 Å². The molecule has 2 aromatic heterocycles. The zero-order chi connectivity index (χ0) is 17.4. The molecule has 1 N–H and O–H groups in total. The van der Waals surface area contributed by atoms with E-state index in [0.29, 0.717) is 12.1 Å². The quantitative estimate of drug-likeness (QED) is 0.800. The van der Waals surface area contributed by atoms with Gasteiger partial charge in [0.2, 0.25) is 0 Å². The van der Waals surface area contributed by atoms with Crippen LogP contribution in [0.15, 0.2) is 42.9 Å². The third-order valence-electron chi connectivity index (χ3n) is 3.71. The van der Waals surface area contributed by atoms with Gasteiger partial charge in [-0.1, -0.05) is 0 Å². The van der Waals surface area contributed by atoms with Gasteiger partial charge in [-0.25, -0.2) is 4.98 Å². The summed E-state index contributed by atoms with van der Waals surface area (Å²) < 4.78 is 0. The lowest BCUT2D eigenvalue weighted by Crippen LogP contribution is -2.29. The number of nitrogens with zero attached hydrogens (tertiary/aromatic N) is 4. The number of aromatic nitrogens is 2. The van der Waals surface area contributed by atoms with E-state index in [2.05, 4.69) is 20.2 Å². The summed E-state index contributed by atoms with van der Waals surface area (Å²) in [7, 11) is 5.87. The van der Waals surface area contributed by atoms with E-state index in [9.17, 15) is 4.79 Å². The van der Waals surface area contributed by atoms with E-state index in [1.54, 1.807) is 23.5 Å². The summed E-state index contributed by atoms with van der Waals surface area (Å²) >= 11 is 0. The van der Waals surface area contributed by atoms with Crippen LogP contribution in [0.1, 0.15) is 15.9 Å². The van der Waals surface area contributed by atoms with Gasteiger partial charge >= 0.3 is 0 Å². The highest BCUT2D eigenvalue weighted by atomic mass is 16.2. The summed E-state index contributed by atoms with van der Waals surface area (Å²) in [5.41, 5.74) is 1.77.